The van der Waals surface area contributed by atoms with Gasteiger partial charge in [-0.1, -0.05) is 20.3 Å². The van der Waals surface area contributed by atoms with Crippen molar-refractivity contribution < 1.29 is 19.5 Å². The zero-order chi connectivity index (χ0) is 15.0. The molecule has 3 amide bonds. The van der Waals surface area contributed by atoms with Crippen LogP contribution >= 0.6 is 0 Å². The molecule has 0 aliphatic carbocycles. The van der Waals surface area contributed by atoms with Gasteiger partial charge in [0.2, 0.25) is 5.91 Å². The molecule has 6 heteroatoms. The number of carbonyl (C=O) groups excluding carboxylic acids is 2. The van der Waals surface area contributed by atoms with E-state index >= 15 is 0 Å². The van der Waals surface area contributed by atoms with Crippen molar-refractivity contribution in [2.45, 2.75) is 52.5 Å². The number of hydrogen-bond donors (Lipinski definition) is 2. The summed E-state index contributed by atoms with van der Waals surface area (Å²) in [7, 11) is 1.64. The number of amides is 3. The Labute approximate surface area is 114 Å². The fourth-order valence-corrected chi connectivity index (χ4v) is 1.76. The molecule has 0 radical (unpaired) electrons. The van der Waals surface area contributed by atoms with Gasteiger partial charge in [0.15, 0.2) is 0 Å². The van der Waals surface area contributed by atoms with Crippen LogP contribution in [0.15, 0.2) is 0 Å². The van der Waals surface area contributed by atoms with E-state index in [1.54, 1.807) is 14.0 Å². The first-order valence-corrected chi connectivity index (χ1v) is 6.56. The van der Waals surface area contributed by atoms with Crippen molar-refractivity contribution in [1.29, 1.82) is 0 Å². The molecule has 0 heterocycles. The van der Waals surface area contributed by atoms with Crippen LogP contribution in [0.3, 0.4) is 0 Å². The zero-order valence-corrected chi connectivity index (χ0v) is 12.1. The van der Waals surface area contributed by atoms with Crippen LogP contribution in [0.5, 0.6) is 0 Å². The summed E-state index contributed by atoms with van der Waals surface area (Å²) in [5.41, 5.74) is 0. The first kappa shape index (κ1) is 17.4. The largest absolute Gasteiger partial charge is 0.481 e. The molecule has 0 fully saturated rings. The van der Waals surface area contributed by atoms with Gasteiger partial charge in [0.1, 0.15) is 0 Å². The summed E-state index contributed by atoms with van der Waals surface area (Å²) in [6, 6.07) is -0.372. The van der Waals surface area contributed by atoms with Crippen molar-refractivity contribution in [2.75, 3.05) is 7.05 Å². The highest BCUT2D eigenvalue weighted by Crippen LogP contribution is 2.08. The van der Waals surface area contributed by atoms with E-state index in [9.17, 15) is 14.4 Å². The van der Waals surface area contributed by atoms with E-state index in [-0.39, 0.29) is 24.8 Å². The molecule has 110 valence electrons. The third kappa shape index (κ3) is 7.43. The summed E-state index contributed by atoms with van der Waals surface area (Å²) in [6.07, 6.45) is 1.79. The molecule has 0 saturated heterocycles. The van der Waals surface area contributed by atoms with Crippen molar-refractivity contribution >= 4 is 17.9 Å². The Hall–Kier alpha value is -1.59. The predicted molar refractivity (Wildman–Crippen MR) is 71.7 cm³/mol. The first-order chi connectivity index (χ1) is 8.77. The Morgan fingerprint density at radius 2 is 1.79 bits per heavy atom. The number of imide groups is 1. The fraction of sp³-hybridized carbons (Fsp3) is 0.769. The van der Waals surface area contributed by atoms with Gasteiger partial charge in [0, 0.05) is 25.9 Å². The van der Waals surface area contributed by atoms with Crippen LogP contribution in [-0.4, -0.2) is 41.0 Å². The molecule has 0 spiro atoms. The maximum atomic E-state index is 11.8. The van der Waals surface area contributed by atoms with Crippen LogP contribution in [0.2, 0.25) is 0 Å². The van der Waals surface area contributed by atoms with Crippen LogP contribution in [0.4, 0.5) is 4.79 Å². The number of urea groups is 1. The van der Waals surface area contributed by atoms with E-state index < -0.39 is 17.9 Å². The van der Waals surface area contributed by atoms with Crippen LogP contribution in [-0.2, 0) is 9.59 Å². The molecule has 0 aliphatic rings. The fourth-order valence-electron chi connectivity index (χ4n) is 1.76. The minimum atomic E-state index is -0.944. The number of carboxylic acids is 1. The summed E-state index contributed by atoms with van der Waals surface area (Å²) in [5.74, 6) is -1.67. The third-order valence-corrected chi connectivity index (χ3v) is 2.99. The van der Waals surface area contributed by atoms with Crippen LogP contribution < -0.4 is 5.32 Å². The molecular formula is C13H24N2O4. The van der Waals surface area contributed by atoms with Crippen molar-refractivity contribution in [3.63, 3.8) is 0 Å². The van der Waals surface area contributed by atoms with Crippen LogP contribution in [0.1, 0.15) is 46.5 Å². The molecule has 0 aromatic carbocycles. The van der Waals surface area contributed by atoms with Crippen molar-refractivity contribution in [1.82, 2.24) is 10.2 Å². The second kappa shape index (κ2) is 8.50. The molecule has 2 unspecified atom stereocenters. The van der Waals surface area contributed by atoms with Gasteiger partial charge in [-0.2, -0.15) is 0 Å². The predicted octanol–water partition coefficient (Wildman–Crippen LogP) is 1.84. The van der Waals surface area contributed by atoms with Gasteiger partial charge in [0.05, 0.1) is 0 Å². The van der Waals surface area contributed by atoms with E-state index in [1.165, 1.54) is 4.90 Å². The second-order valence-electron chi connectivity index (χ2n) is 5.01. The number of nitrogens with one attached hydrogen (secondary N) is 1. The second-order valence-corrected chi connectivity index (χ2v) is 5.01. The summed E-state index contributed by atoms with van der Waals surface area (Å²) in [4.78, 5) is 35.3. The lowest BCUT2D eigenvalue weighted by Crippen LogP contribution is -2.45. The smallest absolute Gasteiger partial charge is 0.324 e. The Morgan fingerprint density at radius 1 is 1.21 bits per heavy atom. The Bertz CT molecular complexity index is 331. The minimum absolute atomic E-state index is 0.0358. The normalized spacial score (nSPS) is 13.5. The molecule has 19 heavy (non-hydrogen) atoms. The summed E-state index contributed by atoms with van der Waals surface area (Å²) < 4.78 is 0. The number of carbonyl (C=O) groups is 3. The van der Waals surface area contributed by atoms with Crippen molar-refractivity contribution in [3.8, 4) is 0 Å². The van der Waals surface area contributed by atoms with Gasteiger partial charge in [-0.3, -0.25) is 14.9 Å². The maximum Gasteiger partial charge on any atom is 0.324 e. The third-order valence-electron chi connectivity index (χ3n) is 2.99. The number of aliphatic carboxylic acids is 1. The zero-order valence-electron chi connectivity index (χ0n) is 12.1. The number of carboxylic acid groups (broad SMARTS) is 1. The van der Waals surface area contributed by atoms with E-state index in [1.807, 2.05) is 13.8 Å². The first-order valence-electron chi connectivity index (χ1n) is 6.56. The lowest BCUT2D eigenvalue weighted by atomic mass is 10.0. The number of rotatable bonds is 7. The van der Waals surface area contributed by atoms with E-state index in [0.29, 0.717) is 0 Å². The number of nitrogens with zero attached hydrogens (tertiary/aromatic N) is 1. The van der Waals surface area contributed by atoms with E-state index in [0.717, 1.165) is 12.8 Å². The molecule has 6 nitrogen and oxygen atoms in total. The van der Waals surface area contributed by atoms with Gasteiger partial charge in [-0.25, -0.2) is 4.79 Å². The Morgan fingerprint density at radius 3 is 2.26 bits per heavy atom. The highest BCUT2D eigenvalue weighted by atomic mass is 16.4. The Balaban J connectivity index is 4.18. The van der Waals surface area contributed by atoms with E-state index in [4.69, 9.17) is 5.11 Å². The van der Waals surface area contributed by atoms with Gasteiger partial charge >= 0.3 is 12.0 Å². The van der Waals surface area contributed by atoms with Gasteiger partial charge in [-0.15, -0.1) is 0 Å². The molecule has 0 aromatic rings. The molecule has 2 atom stereocenters. The molecular weight excluding hydrogens is 248 g/mol. The standard InChI is InChI=1S/C13H24N2O4/c1-5-6-10(3)15(4)13(19)14-11(16)7-9(2)8-12(17)18/h9-10H,5-8H2,1-4H3,(H,17,18)(H,14,16,19). The quantitative estimate of drug-likeness (QED) is 0.740. The highest BCUT2D eigenvalue weighted by Gasteiger charge is 2.19. The highest BCUT2D eigenvalue weighted by molar-refractivity contribution is 5.94. The number of hydrogen-bond acceptors (Lipinski definition) is 3. The molecule has 2 N–H and O–H groups in total. The van der Waals surface area contributed by atoms with Gasteiger partial charge in [0.25, 0.3) is 0 Å². The van der Waals surface area contributed by atoms with Gasteiger partial charge < -0.3 is 10.0 Å². The Kier molecular flexibility index (Phi) is 7.79. The monoisotopic (exact) mass is 272 g/mol. The molecule has 0 bridgehead atoms. The van der Waals surface area contributed by atoms with Crippen LogP contribution in [0, 0.1) is 5.92 Å². The molecule has 0 saturated carbocycles. The lowest BCUT2D eigenvalue weighted by Gasteiger charge is -2.24. The topological polar surface area (TPSA) is 86.7 Å². The average Bonchev–Trinajstić information content (AvgIpc) is 2.26. The lowest BCUT2D eigenvalue weighted by molar-refractivity contribution is -0.138. The van der Waals surface area contributed by atoms with Crippen LogP contribution in [0.25, 0.3) is 0 Å². The summed E-state index contributed by atoms with van der Waals surface area (Å²) in [5, 5.41) is 10.9. The maximum absolute atomic E-state index is 11.8. The van der Waals surface area contributed by atoms with Crippen molar-refractivity contribution in [2.24, 2.45) is 5.92 Å². The summed E-state index contributed by atoms with van der Waals surface area (Å²) >= 11 is 0. The minimum Gasteiger partial charge on any atom is -0.481 e. The molecule has 0 aromatic heterocycles. The van der Waals surface area contributed by atoms with E-state index in [2.05, 4.69) is 5.32 Å². The average molecular weight is 272 g/mol. The molecule has 0 rings (SSSR count). The molecule has 0 aliphatic heterocycles. The SMILES string of the molecule is CCCC(C)N(C)C(=O)NC(=O)CC(C)CC(=O)O. The summed E-state index contributed by atoms with van der Waals surface area (Å²) in [6.45, 7) is 5.61. The van der Waals surface area contributed by atoms with Crippen molar-refractivity contribution in [3.05, 3.63) is 0 Å². The van der Waals surface area contributed by atoms with Gasteiger partial charge in [-0.05, 0) is 19.3 Å².